The minimum absolute atomic E-state index is 0.0236. The van der Waals surface area contributed by atoms with Crippen molar-refractivity contribution in [2.45, 2.75) is 45.6 Å². The fourth-order valence-electron chi connectivity index (χ4n) is 3.02. The first-order valence-corrected chi connectivity index (χ1v) is 8.97. The molecule has 1 heterocycles. The van der Waals surface area contributed by atoms with E-state index in [1.165, 1.54) is 5.56 Å². The summed E-state index contributed by atoms with van der Waals surface area (Å²) in [4.78, 5) is 26.0. The molecule has 0 bridgehead atoms. The summed E-state index contributed by atoms with van der Waals surface area (Å²) >= 11 is 0. The van der Waals surface area contributed by atoms with Gasteiger partial charge >= 0.3 is 0 Å². The lowest BCUT2D eigenvalue weighted by Gasteiger charge is -2.35. The molecule has 1 aromatic rings. The number of amides is 2. The lowest BCUT2D eigenvalue weighted by Crippen LogP contribution is -2.50. The maximum Gasteiger partial charge on any atom is 0.260 e. The molecule has 1 saturated heterocycles. The summed E-state index contributed by atoms with van der Waals surface area (Å²) in [6.45, 7) is 5.62. The zero-order valence-corrected chi connectivity index (χ0v) is 15.2. The molecule has 1 fully saturated rings. The van der Waals surface area contributed by atoms with Gasteiger partial charge in [-0.2, -0.15) is 0 Å². The molecule has 25 heavy (non-hydrogen) atoms. The number of benzene rings is 1. The van der Waals surface area contributed by atoms with Gasteiger partial charge in [0.15, 0.2) is 6.61 Å². The van der Waals surface area contributed by atoms with Crippen LogP contribution in [0.2, 0.25) is 0 Å². The van der Waals surface area contributed by atoms with Gasteiger partial charge in [0.1, 0.15) is 5.75 Å². The maximum atomic E-state index is 12.6. The highest BCUT2D eigenvalue weighted by atomic mass is 16.5. The highest BCUT2D eigenvalue weighted by Gasteiger charge is 2.27. The summed E-state index contributed by atoms with van der Waals surface area (Å²) in [5.74, 6) is 0.615. The van der Waals surface area contributed by atoms with Gasteiger partial charge in [0.2, 0.25) is 5.91 Å². The molecule has 138 valence electrons. The van der Waals surface area contributed by atoms with Gasteiger partial charge in [0, 0.05) is 32.1 Å². The van der Waals surface area contributed by atoms with Gasteiger partial charge in [-0.15, -0.1) is 0 Å². The van der Waals surface area contributed by atoms with Crippen LogP contribution in [-0.4, -0.2) is 49.0 Å². The molecule has 1 aromatic carbocycles. The molecule has 1 aliphatic rings. The Morgan fingerprint density at radius 3 is 2.80 bits per heavy atom. The predicted molar refractivity (Wildman–Crippen MR) is 97.4 cm³/mol. The number of hydrogen-bond acceptors (Lipinski definition) is 4. The van der Waals surface area contributed by atoms with Gasteiger partial charge in [-0.3, -0.25) is 9.59 Å². The molecular weight excluding hydrogens is 318 g/mol. The summed E-state index contributed by atoms with van der Waals surface area (Å²) in [5.41, 5.74) is 7.73. The van der Waals surface area contributed by atoms with Gasteiger partial charge in [-0.05, 0) is 56.4 Å². The van der Waals surface area contributed by atoms with Crippen LogP contribution in [0.25, 0.3) is 0 Å². The number of nitrogens with one attached hydrogen (secondary N) is 1. The van der Waals surface area contributed by atoms with Crippen molar-refractivity contribution >= 4 is 11.8 Å². The Balaban J connectivity index is 1.88. The van der Waals surface area contributed by atoms with Crippen LogP contribution < -0.4 is 15.8 Å². The summed E-state index contributed by atoms with van der Waals surface area (Å²) in [5, 5.41) is 2.87. The second-order valence-electron chi connectivity index (χ2n) is 6.61. The van der Waals surface area contributed by atoms with E-state index in [1.54, 1.807) is 0 Å². The average molecular weight is 347 g/mol. The third-order valence-electron chi connectivity index (χ3n) is 4.69. The molecule has 2 rings (SSSR count). The third-order valence-corrected chi connectivity index (χ3v) is 4.69. The molecule has 0 aliphatic carbocycles. The first-order chi connectivity index (χ1) is 12.0. The van der Waals surface area contributed by atoms with Crippen molar-refractivity contribution in [1.82, 2.24) is 10.2 Å². The second kappa shape index (κ2) is 9.42. The topological polar surface area (TPSA) is 84.7 Å². The summed E-state index contributed by atoms with van der Waals surface area (Å²) < 4.78 is 5.67. The van der Waals surface area contributed by atoms with Crippen LogP contribution in [0.4, 0.5) is 0 Å². The Labute approximate surface area is 149 Å². The van der Waals surface area contributed by atoms with Crippen LogP contribution in [0.5, 0.6) is 5.75 Å². The molecule has 1 unspecified atom stereocenters. The molecule has 6 heteroatoms. The molecular formula is C19H29N3O3. The highest BCUT2D eigenvalue weighted by Crippen LogP contribution is 2.19. The quantitative estimate of drug-likeness (QED) is 0.783. The van der Waals surface area contributed by atoms with Crippen molar-refractivity contribution in [2.75, 3.05) is 26.2 Å². The van der Waals surface area contributed by atoms with Crippen molar-refractivity contribution < 1.29 is 14.3 Å². The van der Waals surface area contributed by atoms with Gasteiger partial charge in [-0.25, -0.2) is 0 Å². The third kappa shape index (κ3) is 5.74. The number of hydrogen-bond donors (Lipinski definition) is 2. The molecule has 6 nitrogen and oxygen atoms in total. The monoisotopic (exact) mass is 347 g/mol. The van der Waals surface area contributed by atoms with Crippen molar-refractivity contribution in [1.29, 1.82) is 0 Å². The average Bonchev–Trinajstić information content (AvgIpc) is 2.61. The molecule has 0 aromatic heterocycles. The molecule has 3 N–H and O–H groups in total. The van der Waals surface area contributed by atoms with E-state index in [9.17, 15) is 9.59 Å². The standard InChI is InChI=1S/C19H29N3O3/c1-14-6-7-17(11-15(14)2)25-13-19(24)22-10-4-3-5-16(22)12-21-18(23)8-9-20/h6-7,11,16H,3-5,8-10,12-13,20H2,1-2H3,(H,21,23). The van der Waals surface area contributed by atoms with Gasteiger partial charge in [-0.1, -0.05) is 6.07 Å². The molecule has 2 amide bonds. The minimum Gasteiger partial charge on any atom is -0.484 e. The summed E-state index contributed by atoms with van der Waals surface area (Å²) in [6.07, 6.45) is 3.27. The largest absolute Gasteiger partial charge is 0.484 e. The first-order valence-electron chi connectivity index (χ1n) is 8.97. The van der Waals surface area contributed by atoms with Crippen LogP contribution in [0.15, 0.2) is 18.2 Å². The number of piperidine rings is 1. The Hall–Kier alpha value is -2.08. The van der Waals surface area contributed by atoms with E-state index in [2.05, 4.69) is 5.32 Å². The molecule has 0 saturated carbocycles. The summed E-state index contributed by atoms with van der Waals surface area (Å²) in [6, 6.07) is 5.86. The lowest BCUT2D eigenvalue weighted by atomic mass is 10.0. The molecule has 1 aliphatic heterocycles. The Bertz CT molecular complexity index is 604. The molecule has 1 atom stereocenters. The summed E-state index contributed by atoms with van der Waals surface area (Å²) in [7, 11) is 0. The van der Waals surface area contributed by atoms with Crippen LogP contribution in [-0.2, 0) is 9.59 Å². The fourth-order valence-corrected chi connectivity index (χ4v) is 3.02. The van der Waals surface area contributed by atoms with Gasteiger partial charge < -0.3 is 20.7 Å². The van der Waals surface area contributed by atoms with Crippen LogP contribution in [0.1, 0.15) is 36.8 Å². The minimum atomic E-state index is -0.0631. The first kappa shape index (κ1) is 19.2. The maximum absolute atomic E-state index is 12.6. The predicted octanol–water partition coefficient (Wildman–Crippen LogP) is 1.53. The number of rotatable bonds is 7. The normalized spacial score (nSPS) is 17.2. The van der Waals surface area contributed by atoms with E-state index in [0.29, 0.717) is 31.8 Å². The zero-order chi connectivity index (χ0) is 18.2. The number of carbonyl (C=O) groups is 2. The van der Waals surface area contributed by atoms with Crippen molar-refractivity contribution in [3.8, 4) is 5.75 Å². The van der Waals surface area contributed by atoms with Crippen molar-refractivity contribution in [3.05, 3.63) is 29.3 Å². The van der Waals surface area contributed by atoms with E-state index >= 15 is 0 Å². The number of nitrogens with two attached hydrogens (primary N) is 1. The number of likely N-dealkylation sites (tertiary alicyclic amines) is 1. The lowest BCUT2D eigenvalue weighted by molar-refractivity contribution is -0.137. The fraction of sp³-hybridized carbons (Fsp3) is 0.579. The highest BCUT2D eigenvalue weighted by molar-refractivity contribution is 5.79. The van der Waals surface area contributed by atoms with E-state index < -0.39 is 0 Å². The molecule has 0 radical (unpaired) electrons. The molecule has 0 spiro atoms. The van der Waals surface area contributed by atoms with Crippen LogP contribution >= 0.6 is 0 Å². The second-order valence-corrected chi connectivity index (χ2v) is 6.61. The van der Waals surface area contributed by atoms with Crippen molar-refractivity contribution in [2.24, 2.45) is 5.73 Å². The van der Waals surface area contributed by atoms with E-state index in [4.69, 9.17) is 10.5 Å². The van der Waals surface area contributed by atoms with E-state index in [1.807, 2.05) is 36.9 Å². The zero-order valence-electron chi connectivity index (χ0n) is 15.2. The number of nitrogens with zero attached hydrogens (tertiary/aromatic N) is 1. The number of carbonyl (C=O) groups excluding carboxylic acids is 2. The van der Waals surface area contributed by atoms with Gasteiger partial charge in [0.05, 0.1) is 0 Å². The van der Waals surface area contributed by atoms with E-state index in [-0.39, 0.29) is 24.5 Å². The Morgan fingerprint density at radius 1 is 1.28 bits per heavy atom. The SMILES string of the molecule is Cc1ccc(OCC(=O)N2CCCCC2CNC(=O)CCN)cc1C. The van der Waals surface area contributed by atoms with Gasteiger partial charge in [0.25, 0.3) is 5.91 Å². The number of aryl methyl sites for hydroxylation is 2. The van der Waals surface area contributed by atoms with Crippen LogP contribution in [0.3, 0.4) is 0 Å². The number of ether oxygens (including phenoxy) is 1. The van der Waals surface area contributed by atoms with Crippen molar-refractivity contribution in [3.63, 3.8) is 0 Å². The smallest absolute Gasteiger partial charge is 0.260 e. The Morgan fingerprint density at radius 2 is 2.08 bits per heavy atom. The van der Waals surface area contributed by atoms with Crippen LogP contribution in [0, 0.1) is 13.8 Å². The van der Waals surface area contributed by atoms with E-state index in [0.717, 1.165) is 24.8 Å². The Kier molecular flexibility index (Phi) is 7.25.